The molecule has 1 fully saturated rings. The van der Waals surface area contributed by atoms with E-state index in [-0.39, 0.29) is 40.4 Å². The molecule has 2 aromatic carbocycles. The molecule has 1 aliphatic carbocycles. The highest BCUT2D eigenvalue weighted by Gasteiger charge is 2.48. The summed E-state index contributed by atoms with van der Waals surface area (Å²) < 4.78 is 30.3. The molecule has 3 N–H and O–H groups in total. The van der Waals surface area contributed by atoms with Gasteiger partial charge < -0.3 is 24.9 Å². The quantitative estimate of drug-likeness (QED) is 0.0697. The van der Waals surface area contributed by atoms with Crippen LogP contribution in [0.5, 0.6) is 0 Å². The van der Waals surface area contributed by atoms with Gasteiger partial charge in [0.15, 0.2) is 18.1 Å². The molecular formula is C32H28Cl2FN7O5S. The zero-order valence-corrected chi connectivity index (χ0v) is 27.8. The lowest BCUT2D eigenvalue weighted by Crippen LogP contribution is -2.51. The van der Waals surface area contributed by atoms with Gasteiger partial charge in [-0.15, -0.1) is 0 Å². The van der Waals surface area contributed by atoms with Crippen molar-refractivity contribution in [2.75, 3.05) is 11.9 Å². The molecule has 0 bridgehead atoms. The summed E-state index contributed by atoms with van der Waals surface area (Å²) in [4.78, 5) is 50.5. The van der Waals surface area contributed by atoms with Gasteiger partial charge in [-0.1, -0.05) is 41.4 Å². The fraction of sp³-hybridized carbons (Fsp3) is 0.250. The Kier molecular flexibility index (Phi) is 10.4. The average molecular weight is 713 g/mol. The van der Waals surface area contributed by atoms with Crippen LogP contribution < -0.4 is 15.5 Å². The van der Waals surface area contributed by atoms with Crippen molar-refractivity contribution in [3.05, 3.63) is 105 Å². The predicted molar refractivity (Wildman–Crippen MR) is 177 cm³/mol. The number of benzene rings is 2. The Bertz CT molecular complexity index is 1860. The third-order valence-electron chi connectivity index (χ3n) is 7.95. The van der Waals surface area contributed by atoms with Crippen molar-refractivity contribution < 1.29 is 27.5 Å². The first kappa shape index (κ1) is 34.8. The molecule has 2 aromatic heterocycles. The van der Waals surface area contributed by atoms with Crippen LogP contribution >= 0.6 is 35.5 Å². The number of amides is 2. The van der Waals surface area contributed by atoms with Crippen LogP contribution in [-0.2, 0) is 31.3 Å². The van der Waals surface area contributed by atoms with E-state index in [1.54, 1.807) is 62.6 Å². The number of aldehydes is 1. The normalized spacial score (nSPS) is 15.0. The van der Waals surface area contributed by atoms with Gasteiger partial charge in [-0.2, -0.15) is 5.26 Å². The standard InChI is InChI=1S/C32H28Cl2FN7O5S/c1-31(18-43,15-19-6-8-20(16-36)9-7-19)42-24(17-38-30(42)41(2)21-13-22(33)26(35)23(34)14-21)27(44)39-29(47-48-46)28(45)40-32(10-11-32)25-5-3-4-12-37-25/h3-9,12-14,17-18,29,46H,10-11,15H2,1-2H3,(H,39,44)(H,40,45)/t29?,31-/m1/s1. The lowest BCUT2D eigenvalue weighted by Gasteiger charge is -2.32. The van der Waals surface area contributed by atoms with Crippen molar-refractivity contribution >= 4 is 65.3 Å². The summed E-state index contributed by atoms with van der Waals surface area (Å²) >= 11 is 12.0. The van der Waals surface area contributed by atoms with E-state index in [9.17, 15) is 28.6 Å². The minimum absolute atomic E-state index is 0.0458. The molecule has 0 spiro atoms. The molecule has 48 heavy (non-hydrogen) atoms. The third-order valence-corrected chi connectivity index (χ3v) is 8.78. The summed E-state index contributed by atoms with van der Waals surface area (Å²) in [6, 6.07) is 16.5. The van der Waals surface area contributed by atoms with E-state index in [0.717, 1.165) is 0 Å². The van der Waals surface area contributed by atoms with Gasteiger partial charge in [0.05, 0.1) is 39.1 Å². The summed E-state index contributed by atoms with van der Waals surface area (Å²) in [5.41, 5.74) is -0.398. The van der Waals surface area contributed by atoms with Gasteiger partial charge in [0, 0.05) is 25.4 Å². The second kappa shape index (κ2) is 14.3. The van der Waals surface area contributed by atoms with Crippen LogP contribution in [0.4, 0.5) is 16.0 Å². The highest BCUT2D eigenvalue weighted by atomic mass is 35.5. The van der Waals surface area contributed by atoms with E-state index in [1.165, 1.54) is 27.8 Å². The Morgan fingerprint density at radius 2 is 1.92 bits per heavy atom. The van der Waals surface area contributed by atoms with Crippen LogP contribution in [0.1, 0.15) is 47.1 Å². The maximum absolute atomic E-state index is 14.3. The second-order valence-corrected chi connectivity index (χ2v) is 12.5. The molecule has 1 saturated carbocycles. The van der Waals surface area contributed by atoms with Gasteiger partial charge in [0.25, 0.3) is 11.8 Å². The van der Waals surface area contributed by atoms with Gasteiger partial charge >= 0.3 is 0 Å². The molecule has 12 nitrogen and oxygen atoms in total. The lowest BCUT2D eigenvalue weighted by atomic mass is 9.93. The molecule has 4 aromatic rings. The second-order valence-electron chi connectivity index (χ2n) is 11.3. The van der Waals surface area contributed by atoms with Gasteiger partial charge in [-0.05, 0) is 61.7 Å². The molecule has 2 heterocycles. The molecule has 5 rings (SSSR count). The van der Waals surface area contributed by atoms with Gasteiger partial charge in [-0.25, -0.2) is 9.37 Å². The highest BCUT2D eigenvalue weighted by Crippen LogP contribution is 2.44. The number of carbonyl (C=O) groups is 3. The number of imidazole rings is 1. The van der Waals surface area contributed by atoms with Gasteiger partial charge in [-0.3, -0.25) is 23.3 Å². The van der Waals surface area contributed by atoms with Crippen molar-refractivity contribution in [1.82, 2.24) is 25.2 Å². The Balaban J connectivity index is 1.52. The lowest BCUT2D eigenvalue weighted by molar-refractivity contribution is -0.129. The van der Waals surface area contributed by atoms with Crippen molar-refractivity contribution in [1.29, 1.82) is 5.26 Å². The minimum atomic E-state index is -1.67. The summed E-state index contributed by atoms with van der Waals surface area (Å²) in [5, 5.41) is 14.0. The number of halogens is 3. The SMILES string of the molecule is CN(c1cc(Cl)c(F)c(Cl)c1)c1ncc(C(=O)NC(OSO)C(=O)NC2(c3ccccn3)CC2)n1[C@@](C)(C=O)Cc1ccc(C#N)cc1. The average Bonchev–Trinajstić information content (AvgIpc) is 3.73. The van der Waals surface area contributed by atoms with E-state index < -0.39 is 34.9 Å². The Morgan fingerprint density at radius 3 is 2.48 bits per heavy atom. The largest absolute Gasteiger partial charge is 0.341 e. The van der Waals surface area contributed by atoms with Crippen molar-refractivity contribution in [2.45, 2.75) is 43.5 Å². The number of hydrogen-bond acceptors (Lipinski definition) is 10. The van der Waals surface area contributed by atoms with Crippen molar-refractivity contribution in [2.24, 2.45) is 0 Å². The van der Waals surface area contributed by atoms with Crippen LogP contribution in [0.25, 0.3) is 0 Å². The van der Waals surface area contributed by atoms with Crippen molar-refractivity contribution in [3.63, 3.8) is 0 Å². The van der Waals surface area contributed by atoms with Gasteiger partial charge in [0.1, 0.15) is 17.5 Å². The van der Waals surface area contributed by atoms with E-state index in [1.807, 2.05) is 6.07 Å². The Hall–Kier alpha value is -4.52. The summed E-state index contributed by atoms with van der Waals surface area (Å²) in [5.74, 6) is -2.38. The molecule has 248 valence electrons. The molecule has 1 unspecified atom stereocenters. The number of rotatable bonds is 13. The van der Waals surface area contributed by atoms with Crippen LogP contribution in [0.15, 0.2) is 67.0 Å². The smallest absolute Gasteiger partial charge is 0.272 e. The number of carbonyl (C=O) groups excluding carboxylic acids is 3. The van der Waals surface area contributed by atoms with Gasteiger partial charge in [0.2, 0.25) is 12.2 Å². The molecular weight excluding hydrogens is 684 g/mol. The summed E-state index contributed by atoms with van der Waals surface area (Å²) in [6.07, 6.45) is 3.03. The summed E-state index contributed by atoms with van der Waals surface area (Å²) in [6.45, 7) is 1.58. The molecule has 16 heteroatoms. The molecule has 2 atom stereocenters. The van der Waals surface area contributed by atoms with E-state index in [2.05, 4.69) is 20.6 Å². The van der Waals surface area contributed by atoms with Crippen LogP contribution in [-0.4, -0.2) is 50.5 Å². The van der Waals surface area contributed by atoms with E-state index in [0.29, 0.717) is 41.6 Å². The predicted octanol–water partition coefficient (Wildman–Crippen LogP) is 5.52. The van der Waals surface area contributed by atoms with Crippen LogP contribution in [0.3, 0.4) is 0 Å². The topological polar surface area (TPSA) is 162 Å². The molecule has 2 amide bonds. The minimum Gasteiger partial charge on any atom is -0.341 e. The molecule has 1 aliphatic rings. The molecule has 0 radical (unpaired) electrons. The molecule has 0 aliphatic heterocycles. The Morgan fingerprint density at radius 1 is 1.23 bits per heavy atom. The first-order valence-electron chi connectivity index (χ1n) is 14.4. The number of nitrogens with one attached hydrogen (secondary N) is 2. The maximum Gasteiger partial charge on any atom is 0.272 e. The number of hydrogen-bond donors (Lipinski definition) is 3. The number of pyridine rings is 1. The zero-order chi connectivity index (χ0) is 34.6. The maximum atomic E-state index is 14.3. The summed E-state index contributed by atoms with van der Waals surface area (Å²) in [7, 11) is 1.56. The van der Waals surface area contributed by atoms with E-state index in [4.69, 9.17) is 27.4 Å². The highest BCUT2D eigenvalue weighted by molar-refractivity contribution is 7.88. The number of aromatic nitrogens is 3. The van der Waals surface area contributed by atoms with Crippen molar-refractivity contribution in [3.8, 4) is 6.07 Å². The monoisotopic (exact) mass is 711 g/mol. The number of anilines is 2. The first-order valence-corrected chi connectivity index (χ1v) is 15.8. The third kappa shape index (κ3) is 7.15. The van der Waals surface area contributed by atoms with Crippen LogP contribution in [0, 0.1) is 17.1 Å². The number of nitrogens with zero attached hydrogens (tertiary/aromatic N) is 5. The Labute approximate surface area is 289 Å². The molecule has 0 saturated heterocycles. The van der Waals surface area contributed by atoms with E-state index >= 15 is 0 Å². The zero-order valence-electron chi connectivity index (χ0n) is 25.5. The van der Waals surface area contributed by atoms with Crippen LogP contribution in [0.2, 0.25) is 10.0 Å². The fourth-order valence-corrected chi connectivity index (χ4v) is 5.96. The fourth-order valence-electron chi connectivity index (χ4n) is 5.26. The number of nitriles is 1. The first-order chi connectivity index (χ1) is 22.9.